The summed E-state index contributed by atoms with van der Waals surface area (Å²) in [6, 6.07) is 12.0. The van der Waals surface area contributed by atoms with Crippen LogP contribution in [0.15, 0.2) is 48.5 Å². The van der Waals surface area contributed by atoms with Gasteiger partial charge in [-0.2, -0.15) is 28.1 Å². The van der Waals surface area contributed by atoms with Crippen molar-refractivity contribution < 1.29 is 37.0 Å². The van der Waals surface area contributed by atoms with Crippen LogP contribution < -0.4 is 31.3 Å². The molecule has 0 unspecified atom stereocenters. The molecule has 5 N–H and O–H groups in total. The minimum atomic E-state index is -4.61. The van der Waals surface area contributed by atoms with Crippen LogP contribution in [0.4, 0.5) is 36.4 Å². The maximum atomic E-state index is 12.9. The quantitative estimate of drug-likeness (QED) is 0.146. The molecule has 1 aliphatic rings. The zero-order chi connectivity index (χ0) is 31.9. The predicted octanol–water partition coefficient (Wildman–Crippen LogP) is 3.13. The number of aromatic nitrogens is 3. The summed E-state index contributed by atoms with van der Waals surface area (Å²) in [5, 5.41) is 14.1. The van der Waals surface area contributed by atoms with Gasteiger partial charge in [-0.05, 0) is 54.8 Å². The van der Waals surface area contributed by atoms with Crippen molar-refractivity contribution in [2.24, 2.45) is 0 Å². The van der Waals surface area contributed by atoms with Crippen molar-refractivity contribution in [2.75, 3.05) is 43.3 Å². The van der Waals surface area contributed by atoms with Gasteiger partial charge in [-0.3, -0.25) is 9.59 Å². The molecule has 1 heterocycles. The Balaban J connectivity index is 1.49. The van der Waals surface area contributed by atoms with Crippen LogP contribution in [0.5, 0.6) is 6.01 Å². The van der Waals surface area contributed by atoms with E-state index in [9.17, 15) is 27.6 Å². The summed E-state index contributed by atoms with van der Waals surface area (Å²) in [4.78, 5) is 47.7. The molecule has 1 fully saturated rings. The Hall–Kier alpha value is -4.86. The maximum Gasteiger partial charge on any atom is 0.422 e. The van der Waals surface area contributed by atoms with Crippen molar-refractivity contribution in [3.8, 4) is 6.01 Å². The van der Waals surface area contributed by atoms with Gasteiger partial charge in [0.05, 0.1) is 12.6 Å². The van der Waals surface area contributed by atoms with Crippen LogP contribution in [0.1, 0.15) is 18.4 Å². The number of rotatable bonds is 12. The van der Waals surface area contributed by atoms with Crippen molar-refractivity contribution in [2.45, 2.75) is 30.6 Å². The maximum absolute atomic E-state index is 12.9. The van der Waals surface area contributed by atoms with Gasteiger partial charge in [0.1, 0.15) is 6.04 Å². The third-order valence-electron chi connectivity index (χ3n) is 6.35. The van der Waals surface area contributed by atoms with Gasteiger partial charge in [0.15, 0.2) is 6.61 Å². The van der Waals surface area contributed by atoms with E-state index in [1.807, 2.05) is 12.1 Å². The zero-order valence-electron chi connectivity index (χ0n) is 23.4. The number of likely N-dealkylation sites (N-methyl/N-ethyl adjacent to an activating group) is 1. The lowest BCUT2D eigenvalue weighted by Crippen LogP contribution is -2.46. The van der Waals surface area contributed by atoms with Crippen LogP contribution in [-0.4, -0.2) is 72.3 Å². The molecule has 4 rings (SSSR count). The normalized spacial score (nSPS) is 14.0. The van der Waals surface area contributed by atoms with E-state index >= 15 is 0 Å². The smallest absolute Gasteiger partial charge is 0.422 e. The Kier molecular flexibility index (Phi) is 9.93. The van der Waals surface area contributed by atoms with Gasteiger partial charge >= 0.3 is 30.0 Å². The molecule has 1 saturated carbocycles. The summed E-state index contributed by atoms with van der Waals surface area (Å²) in [6.07, 6.45) is -3.14. The molecule has 0 spiro atoms. The molecule has 0 aliphatic heterocycles. The molecule has 17 heteroatoms. The highest BCUT2D eigenvalue weighted by atomic mass is 35.5. The molecule has 1 aliphatic carbocycles. The number of ether oxygens (including phenoxy) is 2. The van der Waals surface area contributed by atoms with E-state index in [2.05, 4.69) is 41.5 Å². The number of esters is 1. The van der Waals surface area contributed by atoms with Crippen molar-refractivity contribution >= 4 is 52.7 Å². The third kappa shape index (κ3) is 8.82. The molecule has 3 aromatic rings. The molecular weight excluding hydrogens is 609 g/mol. The molecule has 44 heavy (non-hydrogen) atoms. The first-order chi connectivity index (χ1) is 20.9. The zero-order valence-corrected chi connectivity index (χ0v) is 24.2. The first-order valence-corrected chi connectivity index (χ1v) is 13.5. The molecule has 13 nitrogen and oxygen atoms in total. The lowest BCUT2D eigenvalue weighted by molar-refractivity contribution is -0.154. The average Bonchev–Trinajstić information content (AvgIpc) is 3.78. The highest BCUT2D eigenvalue weighted by Gasteiger charge is 2.45. The van der Waals surface area contributed by atoms with E-state index < -0.39 is 48.2 Å². The topological polar surface area (TPSA) is 168 Å². The minimum Gasteiger partial charge on any atom is -0.467 e. The highest BCUT2D eigenvalue weighted by molar-refractivity contribution is 6.35. The van der Waals surface area contributed by atoms with E-state index in [-0.39, 0.29) is 18.4 Å². The van der Waals surface area contributed by atoms with Gasteiger partial charge < -0.3 is 36.1 Å². The fourth-order valence-electron chi connectivity index (χ4n) is 3.98. The Morgan fingerprint density at radius 2 is 1.59 bits per heavy atom. The standard InChI is InChI=1S/C27H28ClF3N8O5/c1-32-20(40)21(41)33-13-19(22(42)43-2)34-17-7-9-18(10-8-17)35-23-36-24(38-25(37-23)44-14-27(29,30)31)39-26(11-12-26)15-3-5-16(28)6-4-15/h3-10,19,34H,11-14H2,1-2H3,(H,32,40)(H,33,41)(H2,35,36,37,38,39)/t19-/m0/s1. The predicted molar refractivity (Wildman–Crippen MR) is 154 cm³/mol. The van der Waals surface area contributed by atoms with Crippen molar-refractivity contribution in [1.29, 1.82) is 0 Å². The largest absolute Gasteiger partial charge is 0.467 e. The molecule has 0 bridgehead atoms. The van der Waals surface area contributed by atoms with Crippen LogP contribution >= 0.6 is 11.6 Å². The third-order valence-corrected chi connectivity index (χ3v) is 6.60. The first-order valence-electron chi connectivity index (χ1n) is 13.1. The number of amides is 2. The van der Waals surface area contributed by atoms with Crippen LogP contribution in [0.3, 0.4) is 0 Å². The highest BCUT2D eigenvalue weighted by Crippen LogP contribution is 2.48. The number of nitrogens with one attached hydrogen (secondary N) is 5. The van der Waals surface area contributed by atoms with Gasteiger partial charge in [-0.25, -0.2) is 4.79 Å². The lowest BCUT2D eigenvalue weighted by atomic mass is 10.1. The van der Waals surface area contributed by atoms with Crippen molar-refractivity contribution in [1.82, 2.24) is 25.6 Å². The number of hydrogen-bond donors (Lipinski definition) is 5. The lowest BCUT2D eigenvalue weighted by Gasteiger charge is -2.19. The Bertz CT molecular complexity index is 1490. The van der Waals surface area contributed by atoms with Gasteiger partial charge in [0, 0.05) is 30.0 Å². The van der Waals surface area contributed by atoms with Crippen LogP contribution in [0.25, 0.3) is 0 Å². The second-order valence-electron chi connectivity index (χ2n) is 9.59. The van der Waals surface area contributed by atoms with Crippen LogP contribution in [0.2, 0.25) is 5.02 Å². The number of carbonyl (C=O) groups excluding carboxylic acids is 3. The van der Waals surface area contributed by atoms with E-state index in [0.717, 1.165) is 18.4 Å². The summed E-state index contributed by atoms with van der Waals surface area (Å²) >= 11 is 6.01. The number of hydrogen-bond acceptors (Lipinski definition) is 11. The number of methoxy groups -OCH3 is 1. The second kappa shape index (κ2) is 13.6. The molecule has 0 radical (unpaired) electrons. The fourth-order valence-corrected chi connectivity index (χ4v) is 4.10. The Morgan fingerprint density at radius 1 is 0.955 bits per heavy atom. The van der Waals surface area contributed by atoms with Crippen LogP contribution in [0, 0.1) is 0 Å². The van der Waals surface area contributed by atoms with Gasteiger partial charge in [-0.15, -0.1) is 0 Å². The SMILES string of the molecule is CNC(=O)C(=O)NC[C@H](Nc1ccc(Nc2nc(NC3(c4ccc(Cl)cc4)CC3)nc(OCC(F)(F)F)n2)cc1)C(=O)OC. The number of alkyl halides is 3. The molecule has 1 atom stereocenters. The van der Waals surface area contributed by atoms with E-state index in [1.54, 1.807) is 36.4 Å². The Morgan fingerprint density at radius 3 is 2.18 bits per heavy atom. The molecule has 1 aromatic heterocycles. The van der Waals surface area contributed by atoms with Gasteiger partial charge in [0.2, 0.25) is 11.9 Å². The van der Waals surface area contributed by atoms with E-state index in [4.69, 9.17) is 21.1 Å². The number of nitrogens with zero attached hydrogens (tertiary/aromatic N) is 3. The monoisotopic (exact) mass is 636 g/mol. The second-order valence-corrected chi connectivity index (χ2v) is 10.0. The van der Waals surface area contributed by atoms with Gasteiger partial charge in [0.25, 0.3) is 0 Å². The number of anilines is 4. The number of carbonyl (C=O) groups is 3. The fraction of sp³-hybridized carbons (Fsp3) is 0.333. The number of halogens is 4. The summed E-state index contributed by atoms with van der Waals surface area (Å²) in [7, 11) is 2.47. The average molecular weight is 637 g/mol. The number of benzene rings is 2. The summed E-state index contributed by atoms with van der Waals surface area (Å²) in [5.41, 5.74) is 1.28. The summed E-state index contributed by atoms with van der Waals surface area (Å²) < 4.78 is 48.1. The molecule has 234 valence electrons. The molecule has 0 saturated heterocycles. The summed E-state index contributed by atoms with van der Waals surface area (Å²) in [6.45, 7) is -1.83. The Labute approximate surface area is 254 Å². The minimum absolute atomic E-state index is 0.00475. The van der Waals surface area contributed by atoms with E-state index in [1.165, 1.54) is 14.2 Å². The molecular formula is C27H28ClF3N8O5. The van der Waals surface area contributed by atoms with Crippen molar-refractivity contribution in [3.63, 3.8) is 0 Å². The van der Waals surface area contributed by atoms with Crippen molar-refractivity contribution in [3.05, 3.63) is 59.1 Å². The van der Waals surface area contributed by atoms with E-state index in [0.29, 0.717) is 16.4 Å². The molecule has 2 aromatic carbocycles. The molecule has 2 amide bonds. The first kappa shape index (κ1) is 32.1. The van der Waals surface area contributed by atoms with Crippen LogP contribution in [-0.2, 0) is 24.7 Å². The van der Waals surface area contributed by atoms with Gasteiger partial charge in [-0.1, -0.05) is 23.7 Å². The summed E-state index contributed by atoms with van der Waals surface area (Å²) in [5.74, 6) is -2.56.